The highest BCUT2D eigenvalue weighted by atomic mass is 16.5. The quantitative estimate of drug-likeness (QED) is 0.854. The molecule has 0 spiro atoms. The minimum atomic E-state index is 0.618. The van der Waals surface area contributed by atoms with Crippen LogP contribution in [-0.4, -0.2) is 13.2 Å². The van der Waals surface area contributed by atoms with Gasteiger partial charge in [-0.2, -0.15) is 0 Å². The molecule has 0 saturated heterocycles. The van der Waals surface area contributed by atoms with Crippen LogP contribution in [0.5, 0.6) is 5.75 Å². The van der Waals surface area contributed by atoms with E-state index in [-0.39, 0.29) is 0 Å². The van der Waals surface area contributed by atoms with E-state index in [1.165, 1.54) is 24.9 Å². The van der Waals surface area contributed by atoms with Crippen LogP contribution in [0.1, 0.15) is 33.1 Å². The lowest BCUT2D eigenvalue weighted by molar-refractivity contribution is 0.253. The van der Waals surface area contributed by atoms with Crippen LogP contribution in [0, 0.1) is 11.8 Å². The SMILES string of the molecule is COc1ccc(NC2CCCC(C)C2C)cc1. The molecule has 2 rings (SSSR count). The predicted octanol–water partition coefficient (Wildman–Crippen LogP) is 3.93. The zero-order chi connectivity index (χ0) is 12.3. The van der Waals surface area contributed by atoms with Gasteiger partial charge in [0.25, 0.3) is 0 Å². The van der Waals surface area contributed by atoms with E-state index in [4.69, 9.17) is 4.74 Å². The molecule has 94 valence electrons. The molecule has 1 aromatic carbocycles. The van der Waals surface area contributed by atoms with Crippen molar-refractivity contribution in [2.75, 3.05) is 12.4 Å². The number of hydrogen-bond donors (Lipinski definition) is 1. The molecule has 2 heteroatoms. The zero-order valence-electron chi connectivity index (χ0n) is 11.1. The van der Waals surface area contributed by atoms with Crippen LogP contribution in [-0.2, 0) is 0 Å². The van der Waals surface area contributed by atoms with Crippen LogP contribution in [0.2, 0.25) is 0 Å². The Labute approximate surface area is 104 Å². The maximum absolute atomic E-state index is 5.17. The Morgan fingerprint density at radius 2 is 1.82 bits per heavy atom. The van der Waals surface area contributed by atoms with E-state index in [1.54, 1.807) is 7.11 Å². The number of anilines is 1. The molecule has 1 N–H and O–H groups in total. The van der Waals surface area contributed by atoms with Crippen molar-refractivity contribution in [3.63, 3.8) is 0 Å². The molecule has 0 radical (unpaired) electrons. The van der Waals surface area contributed by atoms with Crippen LogP contribution in [0.4, 0.5) is 5.69 Å². The zero-order valence-corrected chi connectivity index (χ0v) is 11.1. The standard InChI is InChI=1S/C15H23NO/c1-11-5-4-6-15(12(11)2)16-13-7-9-14(17-3)10-8-13/h7-12,15-16H,4-6H2,1-3H3. The van der Waals surface area contributed by atoms with Gasteiger partial charge in [0.15, 0.2) is 0 Å². The summed E-state index contributed by atoms with van der Waals surface area (Å²) < 4.78 is 5.17. The fourth-order valence-corrected chi connectivity index (χ4v) is 2.69. The van der Waals surface area contributed by atoms with Gasteiger partial charge in [-0.3, -0.25) is 0 Å². The van der Waals surface area contributed by atoms with Crippen molar-refractivity contribution in [2.24, 2.45) is 11.8 Å². The molecular weight excluding hydrogens is 210 g/mol. The van der Waals surface area contributed by atoms with Crippen molar-refractivity contribution in [3.05, 3.63) is 24.3 Å². The third-order valence-electron chi connectivity index (χ3n) is 4.15. The first-order chi connectivity index (χ1) is 8.20. The summed E-state index contributed by atoms with van der Waals surface area (Å²) in [6.07, 6.45) is 4.01. The monoisotopic (exact) mass is 233 g/mol. The molecule has 2 nitrogen and oxygen atoms in total. The number of ether oxygens (including phenoxy) is 1. The molecule has 3 unspecified atom stereocenters. The molecule has 0 bridgehead atoms. The second kappa shape index (κ2) is 5.44. The fraction of sp³-hybridized carbons (Fsp3) is 0.600. The summed E-state index contributed by atoms with van der Waals surface area (Å²) in [7, 11) is 1.70. The first-order valence-corrected chi connectivity index (χ1v) is 6.61. The normalized spacial score (nSPS) is 28.8. The topological polar surface area (TPSA) is 21.3 Å². The van der Waals surface area contributed by atoms with Crippen LogP contribution in [0.15, 0.2) is 24.3 Å². The van der Waals surface area contributed by atoms with Gasteiger partial charge in [-0.15, -0.1) is 0 Å². The van der Waals surface area contributed by atoms with Crippen molar-refractivity contribution in [3.8, 4) is 5.75 Å². The Balaban J connectivity index is 1.99. The number of hydrogen-bond acceptors (Lipinski definition) is 2. The van der Waals surface area contributed by atoms with Gasteiger partial charge < -0.3 is 10.1 Å². The van der Waals surface area contributed by atoms with Crippen LogP contribution in [0.3, 0.4) is 0 Å². The molecule has 3 atom stereocenters. The highest BCUT2D eigenvalue weighted by Gasteiger charge is 2.26. The van der Waals surface area contributed by atoms with E-state index >= 15 is 0 Å². The van der Waals surface area contributed by atoms with Crippen molar-refractivity contribution in [2.45, 2.75) is 39.2 Å². The molecule has 0 aliphatic heterocycles. The first kappa shape index (κ1) is 12.3. The maximum atomic E-state index is 5.17. The predicted molar refractivity (Wildman–Crippen MR) is 72.6 cm³/mol. The van der Waals surface area contributed by atoms with E-state index in [0.717, 1.165) is 17.6 Å². The van der Waals surface area contributed by atoms with Crippen molar-refractivity contribution >= 4 is 5.69 Å². The summed E-state index contributed by atoms with van der Waals surface area (Å²) in [6.45, 7) is 4.73. The molecule has 1 fully saturated rings. The Kier molecular flexibility index (Phi) is 3.93. The van der Waals surface area contributed by atoms with Gasteiger partial charge in [0, 0.05) is 11.7 Å². The minimum absolute atomic E-state index is 0.618. The Bertz CT molecular complexity index is 346. The third kappa shape index (κ3) is 2.93. The average molecular weight is 233 g/mol. The van der Waals surface area contributed by atoms with Crippen LogP contribution in [0.25, 0.3) is 0 Å². The van der Waals surface area contributed by atoms with E-state index in [9.17, 15) is 0 Å². The van der Waals surface area contributed by atoms with Crippen molar-refractivity contribution in [1.29, 1.82) is 0 Å². The summed E-state index contributed by atoms with van der Waals surface area (Å²) in [5.41, 5.74) is 1.21. The summed E-state index contributed by atoms with van der Waals surface area (Å²) in [5, 5.41) is 3.66. The van der Waals surface area contributed by atoms with Gasteiger partial charge in [-0.05, 0) is 42.5 Å². The molecular formula is C15H23NO. The van der Waals surface area contributed by atoms with Gasteiger partial charge in [-0.25, -0.2) is 0 Å². The Morgan fingerprint density at radius 1 is 1.12 bits per heavy atom. The Hall–Kier alpha value is -1.18. The highest BCUT2D eigenvalue weighted by molar-refractivity contribution is 5.47. The second-order valence-electron chi connectivity index (χ2n) is 5.25. The van der Waals surface area contributed by atoms with Crippen LogP contribution < -0.4 is 10.1 Å². The van der Waals surface area contributed by atoms with Crippen LogP contribution >= 0.6 is 0 Å². The van der Waals surface area contributed by atoms with Gasteiger partial charge in [0.1, 0.15) is 5.75 Å². The summed E-state index contributed by atoms with van der Waals surface area (Å²) >= 11 is 0. The molecule has 0 amide bonds. The minimum Gasteiger partial charge on any atom is -0.497 e. The Morgan fingerprint density at radius 3 is 2.47 bits per heavy atom. The lowest BCUT2D eigenvalue weighted by atomic mass is 9.78. The molecule has 0 heterocycles. The second-order valence-corrected chi connectivity index (χ2v) is 5.25. The molecule has 17 heavy (non-hydrogen) atoms. The number of rotatable bonds is 3. The number of benzene rings is 1. The smallest absolute Gasteiger partial charge is 0.119 e. The van der Waals surface area contributed by atoms with Gasteiger partial charge in [0.2, 0.25) is 0 Å². The van der Waals surface area contributed by atoms with E-state index in [1.807, 2.05) is 12.1 Å². The lowest BCUT2D eigenvalue weighted by Crippen LogP contribution is -2.34. The van der Waals surface area contributed by atoms with E-state index in [0.29, 0.717) is 6.04 Å². The molecule has 1 aliphatic rings. The summed E-state index contributed by atoms with van der Waals surface area (Å²) in [4.78, 5) is 0. The number of nitrogens with one attached hydrogen (secondary N) is 1. The molecule has 0 aromatic heterocycles. The van der Waals surface area contributed by atoms with Crippen molar-refractivity contribution < 1.29 is 4.74 Å². The van der Waals surface area contributed by atoms with Gasteiger partial charge in [0.05, 0.1) is 7.11 Å². The summed E-state index contributed by atoms with van der Waals surface area (Å²) in [6, 6.07) is 8.85. The third-order valence-corrected chi connectivity index (χ3v) is 4.15. The number of methoxy groups -OCH3 is 1. The molecule has 1 aliphatic carbocycles. The van der Waals surface area contributed by atoms with Gasteiger partial charge >= 0.3 is 0 Å². The summed E-state index contributed by atoms with van der Waals surface area (Å²) in [5.74, 6) is 2.51. The average Bonchev–Trinajstić information content (AvgIpc) is 2.36. The lowest BCUT2D eigenvalue weighted by Gasteiger charge is -2.35. The van der Waals surface area contributed by atoms with E-state index in [2.05, 4.69) is 31.3 Å². The molecule has 1 saturated carbocycles. The highest BCUT2D eigenvalue weighted by Crippen LogP contribution is 2.31. The fourth-order valence-electron chi connectivity index (χ4n) is 2.69. The first-order valence-electron chi connectivity index (χ1n) is 6.61. The maximum Gasteiger partial charge on any atom is 0.119 e. The van der Waals surface area contributed by atoms with Gasteiger partial charge in [-0.1, -0.05) is 26.7 Å². The van der Waals surface area contributed by atoms with Crippen molar-refractivity contribution in [1.82, 2.24) is 0 Å². The van der Waals surface area contributed by atoms with E-state index < -0.39 is 0 Å². The largest absolute Gasteiger partial charge is 0.497 e. The molecule has 1 aromatic rings.